The van der Waals surface area contributed by atoms with Gasteiger partial charge in [-0.1, -0.05) is 0 Å². The third-order valence-corrected chi connectivity index (χ3v) is 3.20. The third-order valence-electron chi connectivity index (χ3n) is 2.76. The molecule has 0 atom stereocenters. The molecule has 0 unspecified atom stereocenters. The van der Waals surface area contributed by atoms with E-state index < -0.39 is 11.7 Å². The van der Waals surface area contributed by atoms with Crippen LogP contribution in [0, 0.1) is 0 Å². The highest BCUT2D eigenvalue weighted by Gasteiger charge is 2.20. The molecule has 1 heterocycles. The number of nitrogens with zero attached hydrogens (tertiary/aromatic N) is 1. The summed E-state index contributed by atoms with van der Waals surface area (Å²) in [6.07, 6.45) is 1.30. The lowest BCUT2D eigenvalue weighted by Crippen LogP contribution is -2.27. The van der Waals surface area contributed by atoms with Crippen LogP contribution in [0.2, 0.25) is 0 Å². The summed E-state index contributed by atoms with van der Waals surface area (Å²) in [6.45, 7) is 5.53. The van der Waals surface area contributed by atoms with E-state index in [9.17, 15) is 4.79 Å². The zero-order valence-electron chi connectivity index (χ0n) is 12.5. The lowest BCUT2D eigenvalue weighted by molar-refractivity contribution is 0.0540. The zero-order valence-corrected chi connectivity index (χ0v) is 14.1. The number of methoxy groups -OCH3 is 1. The van der Waals surface area contributed by atoms with E-state index in [-0.39, 0.29) is 0 Å². The van der Waals surface area contributed by atoms with Crippen molar-refractivity contribution in [3.8, 4) is 17.0 Å². The molecule has 0 saturated carbocycles. The van der Waals surface area contributed by atoms with Gasteiger partial charge in [-0.25, -0.2) is 4.79 Å². The molecule has 0 aliphatic carbocycles. The fraction of sp³-hybridized carbons (Fsp3) is 0.312. The molecule has 2 aromatic rings. The van der Waals surface area contributed by atoms with Crippen LogP contribution in [0.1, 0.15) is 20.8 Å². The van der Waals surface area contributed by atoms with Gasteiger partial charge in [-0.15, -0.1) is 0 Å². The van der Waals surface area contributed by atoms with E-state index in [2.05, 4.69) is 15.9 Å². The maximum Gasteiger partial charge on any atom is 0.419 e. The third kappa shape index (κ3) is 3.88. The summed E-state index contributed by atoms with van der Waals surface area (Å²) >= 11 is 3.40. The Labute approximate surface area is 132 Å². The lowest BCUT2D eigenvalue weighted by Gasteiger charge is -2.20. The molecule has 2 rings (SSSR count). The molecule has 4 nitrogen and oxygen atoms in total. The summed E-state index contributed by atoms with van der Waals surface area (Å²) in [7, 11) is 1.62. The van der Waals surface area contributed by atoms with E-state index in [1.165, 1.54) is 4.57 Å². The molecule has 0 aliphatic rings. The summed E-state index contributed by atoms with van der Waals surface area (Å²) in [5.74, 6) is 0.771. The highest BCUT2D eigenvalue weighted by molar-refractivity contribution is 9.10. The monoisotopic (exact) mass is 351 g/mol. The van der Waals surface area contributed by atoms with Gasteiger partial charge in [-0.05, 0) is 72.6 Å². The van der Waals surface area contributed by atoms with Crippen LogP contribution < -0.4 is 4.74 Å². The van der Waals surface area contributed by atoms with Gasteiger partial charge in [-0.2, -0.15) is 0 Å². The summed E-state index contributed by atoms with van der Waals surface area (Å²) in [5, 5.41) is 0. The predicted octanol–water partition coefficient (Wildman–Crippen LogP) is 4.71. The van der Waals surface area contributed by atoms with Crippen LogP contribution >= 0.6 is 15.9 Å². The number of aromatic nitrogens is 1. The van der Waals surface area contributed by atoms with Gasteiger partial charge < -0.3 is 9.47 Å². The van der Waals surface area contributed by atoms with Gasteiger partial charge in [0.25, 0.3) is 0 Å². The zero-order chi connectivity index (χ0) is 15.6. The molecule has 21 heavy (non-hydrogen) atoms. The molecule has 1 aromatic heterocycles. The summed E-state index contributed by atoms with van der Waals surface area (Å²) < 4.78 is 12.9. The molecule has 0 radical (unpaired) electrons. The molecule has 0 saturated heterocycles. The van der Waals surface area contributed by atoms with Gasteiger partial charge in [0.1, 0.15) is 11.4 Å². The first-order chi connectivity index (χ1) is 9.80. The number of ether oxygens (including phenoxy) is 2. The number of rotatable bonds is 2. The number of hydrogen-bond donors (Lipinski definition) is 0. The topological polar surface area (TPSA) is 40.5 Å². The minimum absolute atomic E-state index is 0.404. The van der Waals surface area contributed by atoms with Crippen LogP contribution in [0.25, 0.3) is 11.3 Å². The van der Waals surface area contributed by atoms with E-state index in [4.69, 9.17) is 9.47 Å². The van der Waals surface area contributed by atoms with Crippen LogP contribution in [0.5, 0.6) is 5.75 Å². The second-order valence-electron chi connectivity index (χ2n) is 5.62. The van der Waals surface area contributed by atoms with E-state index in [0.29, 0.717) is 0 Å². The Morgan fingerprint density at radius 3 is 2.33 bits per heavy atom. The summed E-state index contributed by atoms with van der Waals surface area (Å²) in [4.78, 5) is 12.3. The maximum absolute atomic E-state index is 12.3. The summed E-state index contributed by atoms with van der Waals surface area (Å²) in [5.41, 5.74) is 1.14. The van der Waals surface area contributed by atoms with Crippen LogP contribution in [-0.2, 0) is 4.74 Å². The molecule has 0 fully saturated rings. The van der Waals surface area contributed by atoms with Crippen molar-refractivity contribution in [2.75, 3.05) is 7.11 Å². The fourth-order valence-corrected chi connectivity index (χ4v) is 2.30. The Morgan fingerprint density at radius 2 is 1.81 bits per heavy atom. The van der Waals surface area contributed by atoms with Crippen molar-refractivity contribution in [3.05, 3.63) is 41.0 Å². The molecule has 1 aromatic carbocycles. The number of benzene rings is 1. The molecular formula is C16H18BrNO3. The second kappa shape index (κ2) is 5.93. The first-order valence-corrected chi connectivity index (χ1v) is 7.35. The Hall–Kier alpha value is -1.75. The molecular weight excluding hydrogens is 334 g/mol. The largest absolute Gasteiger partial charge is 0.497 e. The van der Waals surface area contributed by atoms with Gasteiger partial charge >= 0.3 is 6.09 Å². The Balaban J connectivity index is 2.38. The summed E-state index contributed by atoms with van der Waals surface area (Å²) in [6, 6.07) is 9.40. The van der Waals surface area contributed by atoms with Gasteiger partial charge in [0.15, 0.2) is 0 Å². The highest BCUT2D eigenvalue weighted by atomic mass is 79.9. The number of halogens is 1. The Kier molecular flexibility index (Phi) is 4.42. The average molecular weight is 352 g/mol. The molecule has 0 bridgehead atoms. The quantitative estimate of drug-likeness (QED) is 0.786. The average Bonchev–Trinajstić information content (AvgIpc) is 2.79. The Bertz CT molecular complexity index is 639. The van der Waals surface area contributed by atoms with Crippen molar-refractivity contribution in [2.24, 2.45) is 0 Å². The van der Waals surface area contributed by atoms with Gasteiger partial charge in [0.2, 0.25) is 0 Å². The number of carbonyl (C=O) groups is 1. The van der Waals surface area contributed by atoms with E-state index in [1.807, 2.05) is 51.1 Å². The van der Waals surface area contributed by atoms with E-state index in [1.54, 1.807) is 13.3 Å². The number of carbonyl (C=O) groups excluding carboxylic acids is 1. The van der Waals surface area contributed by atoms with Crippen molar-refractivity contribution in [1.82, 2.24) is 4.57 Å². The second-order valence-corrected chi connectivity index (χ2v) is 6.54. The fourth-order valence-electron chi connectivity index (χ4n) is 1.88. The van der Waals surface area contributed by atoms with Crippen molar-refractivity contribution >= 4 is 22.0 Å². The maximum atomic E-state index is 12.3. The van der Waals surface area contributed by atoms with E-state index >= 15 is 0 Å². The first-order valence-electron chi connectivity index (χ1n) is 6.56. The van der Waals surface area contributed by atoms with Crippen LogP contribution in [0.4, 0.5) is 4.79 Å². The van der Waals surface area contributed by atoms with E-state index in [0.717, 1.165) is 21.5 Å². The lowest BCUT2D eigenvalue weighted by atomic mass is 10.1. The van der Waals surface area contributed by atoms with Gasteiger partial charge in [-0.3, -0.25) is 4.57 Å². The standard InChI is InChI=1S/C16H18BrNO3/c1-16(2,3)21-15(19)18-10-12(17)9-14(18)11-5-7-13(20-4)8-6-11/h5-10H,1-4H3. The molecule has 0 spiro atoms. The SMILES string of the molecule is COc1ccc(-c2cc(Br)cn2C(=O)OC(C)(C)C)cc1. The minimum Gasteiger partial charge on any atom is -0.497 e. The van der Waals surface area contributed by atoms with Crippen molar-refractivity contribution in [1.29, 1.82) is 0 Å². The molecule has 5 heteroatoms. The van der Waals surface area contributed by atoms with Crippen molar-refractivity contribution in [2.45, 2.75) is 26.4 Å². The molecule has 112 valence electrons. The minimum atomic E-state index is -0.537. The number of hydrogen-bond acceptors (Lipinski definition) is 3. The first kappa shape index (κ1) is 15.6. The molecule has 0 N–H and O–H groups in total. The van der Waals surface area contributed by atoms with Gasteiger partial charge in [0.05, 0.1) is 12.8 Å². The van der Waals surface area contributed by atoms with Crippen molar-refractivity contribution < 1.29 is 14.3 Å². The van der Waals surface area contributed by atoms with Crippen LogP contribution in [0.3, 0.4) is 0 Å². The normalized spacial score (nSPS) is 11.3. The van der Waals surface area contributed by atoms with Gasteiger partial charge in [0, 0.05) is 10.7 Å². The molecule has 0 aliphatic heterocycles. The van der Waals surface area contributed by atoms with Crippen molar-refractivity contribution in [3.63, 3.8) is 0 Å². The Morgan fingerprint density at radius 1 is 1.19 bits per heavy atom. The highest BCUT2D eigenvalue weighted by Crippen LogP contribution is 2.27. The van der Waals surface area contributed by atoms with Crippen LogP contribution in [0.15, 0.2) is 41.0 Å². The smallest absolute Gasteiger partial charge is 0.419 e. The van der Waals surface area contributed by atoms with Crippen LogP contribution in [-0.4, -0.2) is 23.4 Å². The predicted molar refractivity (Wildman–Crippen MR) is 85.8 cm³/mol. The molecule has 0 amide bonds.